The third kappa shape index (κ3) is 4.20. The van der Waals surface area contributed by atoms with Gasteiger partial charge in [-0.2, -0.15) is 4.68 Å². The normalized spacial score (nSPS) is 12.1. The van der Waals surface area contributed by atoms with Crippen LogP contribution in [0.2, 0.25) is 0 Å². The molecule has 2 aromatic carbocycles. The molecule has 3 rings (SSSR count). The van der Waals surface area contributed by atoms with Crippen LogP contribution in [0, 0.1) is 0 Å². The lowest BCUT2D eigenvalue weighted by Crippen LogP contribution is -2.13. The van der Waals surface area contributed by atoms with Crippen LogP contribution in [-0.4, -0.2) is 15.9 Å². The van der Waals surface area contributed by atoms with Crippen LogP contribution in [0.4, 0.5) is 0 Å². The molecule has 0 fully saturated rings. The summed E-state index contributed by atoms with van der Waals surface area (Å²) in [5.74, 6) is 0.702. The predicted octanol–water partition coefficient (Wildman–Crippen LogP) is 4.36. The first-order valence-electron chi connectivity index (χ1n) is 8.16. The summed E-state index contributed by atoms with van der Waals surface area (Å²) in [7, 11) is 0. The number of aromatic nitrogens is 2. The number of para-hydroxylation sites is 1. The standard InChI is InChI=1S/C19H19BrN2O3/c1-3-13(2)24-15-10-8-14(9-11-15)12-18-21-22(19(23)25-18)17-7-5-4-6-16(17)20/h4-11,13H,3,12H2,1-2H3. The van der Waals surface area contributed by atoms with Gasteiger partial charge in [0.05, 0.1) is 18.2 Å². The molecule has 0 saturated heterocycles. The highest BCUT2D eigenvalue weighted by Gasteiger charge is 2.12. The Hall–Kier alpha value is -2.34. The van der Waals surface area contributed by atoms with E-state index in [1.165, 1.54) is 4.68 Å². The molecule has 0 bridgehead atoms. The molecule has 1 heterocycles. The highest BCUT2D eigenvalue weighted by molar-refractivity contribution is 9.10. The number of hydrogen-bond acceptors (Lipinski definition) is 4. The lowest BCUT2D eigenvalue weighted by Gasteiger charge is -2.12. The number of halogens is 1. The molecule has 0 aliphatic heterocycles. The molecule has 0 N–H and O–H groups in total. The first-order chi connectivity index (χ1) is 12.1. The first-order valence-corrected chi connectivity index (χ1v) is 8.95. The van der Waals surface area contributed by atoms with Gasteiger partial charge in [-0.1, -0.05) is 31.2 Å². The Morgan fingerprint density at radius 2 is 1.92 bits per heavy atom. The SMILES string of the molecule is CCC(C)Oc1ccc(Cc2nn(-c3ccccc3Br)c(=O)o2)cc1. The van der Waals surface area contributed by atoms with Gasteiger partial charge in [-0.25, -0.2) is 4.79 Å². The molecular formula is C19H19BrN2O3. The quantitative estimate of drug-likeness (QED) is 0.614. The summed E-state index contributed by atoms with van der Waals surface area (Å²) in [4.78, 5) is 12.1. The summed E-state index contributed by atoms with van der Waals surface area (Å²) in [6.07, 6.45) is 1.58. The minimum Gasteiger partial charge on any atom is -0.491 e. The topological polar surface area (TPSA) is 57.3 Å². The smallest absolute Gasteiger partial charge is 0.442 e. The molecule has 1 atom stereocenters. The number of hydrogen-bond donors (Lipinski definition) is 0. The minimum absolute atomic E-state index is 0.184. The Morgan fingerprint density at radius 1 is 1.20 bits per heavy atom. The van der Waals surface area contributed by atoms with Gasteiger partial charge >= 0.3 is 5.76 Å². The molecule has 5 nitrogen and oxygen atoms in total. The predicted molar refractivity (Wildman–Crippen MR) is 99.4 cm³/mol. The molecule has 1 unspecified atom stereocenters. The summed E-state index contributed by atoms with van der Waals surface area (Å²) in [5, 5.41) is 4.30. The van der Waals surface area contributed by atoms with Crippen molar-refractivity contribution in [2.45, 2.75) is 32.8 Å². The fourth-order valence-electron chi connectivity index (χ4n) is 2.34. The van der Waals surface area contributed by atoms with E-state index in [0.29, 0.717) is 18.0 Å². The van der Waals surface area contributed by atoms with Crippen LogP contribution in [0.1, 0.15) is 31.7 Å². The van der Waals surface area contributed by atoms with Gasteiger partial charge in [0.2, 0.25) is 5.89 Å². The fourth-order valence-corrected chi connectivity index (χ4v) is 2.79. The molecule has 0 radical (unpaired) electrons. The van der Waals surface area contributed by atoms with Gasteiger partial charge in [-0.3, -0.25) is 0 Å². The summed E-state index contributed by atoms with van der Waals surface area (Å²) < 4.78 is 13.1. The molecule has 1 aromatic heterocycles. The number of nitrogens with zero attached hydrogens (tertiary/aromatic N) is 2. The second-order valence-electron chi connectivity index (χ2n) is 5.78. The summed E-state index contributed by atoms with van der Waals surface area (Å²) in [6, 6.07) is 15.1. The monoisotopic (exact) mass is 402 g/mol. The first kappa shape index (κ1) is 17.5. The zero-order valence-corrected chi connectivity index (χ0v) is 15.7. The molecule has 3 aromatic rings. The molecule has 0 amide bonds. The van der Waals surface area contributed by atoms with E-state index in [0.717, 1.165) is 22.2 Å². The van der Waals surface area contributed by atoms with E-state index in [1.807, 2.05) is 49.4 Å². The van der Waals surface area contributed by atoms with E-state index < -0.39 is 5.76 Å². The average Bonchev–Trinajstić information content (AvgIpc) is 2.97. The Bertz CT molecular complexity index is 900. The molecule has 25 heavy (non-hydrogen) atoms. The van der Waals surface area contributed by atoms with E-state index in [4.69, 9.17) is 9.15 Å². The molecule has 0 aliphatic rings. The lowest BCUT2D eigenvalue weighted by atomic mass is 10.1. The third-order valence-corrected chi connectivity index (χ3v) is 4.53. The van der Waals surface area contributed by atoms with Crippen molar-refractivity contribution in [3.63, 3.8) is 0 Å². The molecule has 0 spiro atoms. The van der Waals surface area contributed by atoms with Crippen molar-refractivity contribution in [3.8, 4) is 11.4 Å². The van der Waals surface area contributed by atoms with Crippen molar-refractivity contribution in [3.05, 3.63) is 75.0 Å². The van der Waals surface area contributed by atoms with Crippen LogP contribution in [0.5, 0.6) is 5.75 Å². The van der Waals surface area contributed by atoms with E-state index in [1.54, 1.807) is 6.07 Å². The van der Waals surface area contributed by atoms with Gasteiger partial charge < -0.3 is 9.15 Å². The summed E-state index contributed by atoms with van der Waals surface area (Å²) in [6.45, 7) is 4.12. The number of ether oxygens (including phenoxy) is 1. The van der Waals surface area contributed by atoms with Crippen LogP contribution in [0.3, 0.4) is 0 Å². The van der Waals surface area contributed by atoms with Crippen LogP contribution < -0.4 is 10.5 Å². The number of rotatable bonds is 6. The van der Waals surface area contributed by atoms with E-state index in [9.17, 15) is 4.79 Å². The van der Waals surface area contributed by atoms with E-state index in [2.05, 4.69) is 28.0 Å². The molecule has 130 valence electrons. The van der Waals surface area contributed by atoms with Crippen LogP contribution in [0.25, 0.3) is 5.69 Å². The highest BCUT2D eigenvalue weighted by Crippen LogP contribution is 2.19. The summed E-state index contributed by atoms with van der Waals surface area (Å²) >= 11 is 3.42. The van der Waals surface area contributed by atoms with Crippen molar-refractivity contribution >= 4 is 15.9 Å². The Morgan fingerprint density at radius 3 is 2.60 bits per heavy atom. The third-order valence-electron chi connectivity index (χ3n) is 3.86. The van der Waals surface area contributed by atoms with Crippen molar-refractivity contribution in [1.29, 1.82) is 0 Å². The molecule has 0 aliphatic carbocycles. The van der Waals surface area contributed by atoms with Crippen LogP contribution in [-0.2, 0) is 6.42 Å². The average molecular weight is 403 g/mol. The lowest BCUT2D eigenvalue weighted by molar-refractivity contribution is 0.217. The van der Waals surface area contributed by atoms with E-state index in [-0.39, 0.29) is 6.10 Å². The zero-order valence-electron chi connectivity index (χ0n) is 14.1. The van der Waals surface area contributed by atoms with Crippen molar-refractivity contribution in [1.82, 2.24) is 9.78 Å². The van der Waals surface area contributed by atoms with Gasteiger partial charge in [-0.05, 0) is 59.1 Å². The van der Waals surface area contributed by atoms with Crippen molar-refractivity contribution in [2.75, 3.05) is 0 Å². The Balaban J connectivity index is 1.77. The maximum Gasteiger partial charge on any atom is 0.442 e. The Kier molecular flexibility index (Phi) is 5.38. The molecule has 6 heteroatoms. The van der Waals surface area contributed by atoms with Crippen molar-refractivity contribution < 1.29 is 9.15 Å². The van der Waals surface area contributed by atoms with Crippen LogP contribution >= 0.6 is 15.9 Å². The fraction of sp³-hybridized carbons (Fsp3) is 0.263. The van der Waals surface area contributed by atoms with Crippen LogP contribution in [0.15, 0.2) is 62.2 Å². The minimum atomic E-state index is -0.501. The van der Waals surface area contributed by atoms with Gasteiger partial charge in [0.25, 0.3) is 0 Å². The largest absolute Gasteiger partial charge is 0.491 e. The van der Waals surface area contributed by atoms with Gasteiger partial charge in [0.15, 0.2) is 0 Å². The number of benzene rings is 2. The molecule has 0 saturated carbocycles. The Labute approximate surface area is 154 Å². The summed E-state index contributed by atoms with van der Waals surface area (Å²) in [5.41, 5.74) is 1.65. The second kappa shape index (κ2) is 7.70. The van der Waals surface area contributed by atoms with Gasteiger partial charge in [0, 0.05) is 4.47 Å². The van der Waals surface area contributed by atoms with Crippen molar-refractivity contribution in [2.24, 2.45) is 0 Å². The van der Waals surface area contributed by atoms with E-state index >= 15 is 0 Å². The highest BCUT2D eigenvalue weighted by atomic mass is 79.9. The van der Waals surface area contributed by atoms with Gasteiger partial charge in [0.1, 0.15) is 5.75 Å². The van der Waals surface area contributed by atoms with Gasteiger partial charge in [-0.15, -0.1) is 5.10 Å². The second-order valence-corrected chi connectivity index (χ2v) is 6.64. The zero-order chi connectivity index (χ0) is 17.8. The maximum absolute atomic E-state index is 12.1. The molecular weight excluding hydrogens is 384 g/mol. The maximum atomic E-state index is 12.1.